The molecule has 0 bridgehead atoms. The van der Waals surface area contributed by atoms with Crippen molar-refractivity contribution >= 4 is 11.8 Å². The minimum atomic E-state index is -0.972. The summed E-state index contributed by atoms with van der Waals surface area (Å²) in [4.78, 5) is 15.3. The van der Waals surface area contributed by atoms with Gasteiger partial charge in [0, 0.05) is 5.69 Å². The van der Waals surface area contributed by atoms with E-state index >= 15 is 0 Å². The van der Waals surface area contributed by atoms with Gasteiger partial charge >= 0.3 is 5.97 Å². The Morgan fingerprint density at radius 3 is 2.56 bits per heavy atom. The predicted octanol–water partition coefficient (Wildman–Crippen LogP) is 1.77. The molecule has 0 aromatic carbocycles. The number of aromatic nitrogens is 1. The van der Waals surface area contributed by atoms with Crippen molar-refractivity contribution in [1.82, 2.24) is 4.98 Å². The van der Waals surface area contributed by atoms with Gasteiger partial charge in [0.25, 0.3) is 0 Å². The SMILES string of the molecule is CCc1cc(C(=O)O)cc(NC(CO)C(C)C)n1. The van der Waals surface area contributed by atoms with Crippen LogP contribution in [0, 0.1) is 5.92 Å². The lowest BCUT2D eigenvalue weighted by Crippen LogP contribution is -2.30. The quantitative estimate of drug-likeness (QED) is 0.718. The molecule has 0 amide bonds. The van der Waals surface area contributed by atoms with Crippen LogP contribution in [0.3, 0.4) is 0 Å². The van der Waals surface area contributed by atoms with Gasteiger partial charge in [0.2, 0.25) is 0 Å². The first kappa shape index (κ1) is 14.4. The summed E-state index contributed by atoms with van der Waals surface area (Å²) < 4.78 is 0. The van der Waals surface area contributed by atoms with Crippen molar-refractivity contribution in [2.45, 2.75) is 33.2 Å². The molecule has 0 saturated carbocycles. The average molecular weight is 252 g/mol. The second-order valence-corrected chi connectivity index (χ2v) is 4.57. The van der Waals surface area contributed by atoms with Crippen molar-refractivity contribution in [3.8, 4) is 0 Å². The lowest BCUT2D eigenvalue weighted by molar-refractivity contribution is 0.0696. The summed E-state index contributed by atoms with van der Waals surface area (Å²) in [7, 11) is 0. The fraction of sp³-hybridized carbons (Fsp3) is 0.538. The molecule has 1 unspecified atom stereocenters. The normalized spacial score (nSPS) is 12.5. The molecule has 100 valence electrons. The molecule has 5 nitrogen and oxygen atoms in total. The van der Waals surface area contributed by atoms with E-state index in [1.807, 2.05) is 20.8 Å². The van der Waals surface area contributed by atoms with E-state index in [-0.39, 0.29) is 24.1 Å². The number of aryl methyl sites for hydroxylation is 1. The van der Waals surface area contributed by atoms with Crippen molar-refractivity contribution in [2.75, 3.05) is 11.9 Å². The Kier molecular flexibility index (Phi) is 5.09. The lowest BCUT2D eigenvalue weighted by Gasteiger charge is -2.21. The third kappa shape index (κ3) is 3.70. The molecule has 0 spiro atoms. The van der Waals surface area contributed by atoms with Crippen LogP contribution in [0.25, 0.3) is 0 Å². The Morgan fingerprint density at radius 2 is 2.11 bits per heavy atom. The van der Waals surface area contributed by atoms with E-state index in [2.05, 4.69) is 10.3 Å². The summed E-state index contributed by atoms with van der Waals surface area (Å²) in [6.07, 6.45) is 0.668. The molecule has 0 fully saturated rings. The molecule has 1 aromatic rings. The Hall–Kier alpha value is -1.62. The van der Waals surface area contributed by atoms with Crippen LogP contribution in [0.4, 0.5) is 5.82 Å². The molecule has 18 heavy (non-hydrogen) atoms. The van der Waals surface area contributed by atoms with Crippen LogP contribution in [-0.4, -0.2) is 33.8 Å². The minimum absolute atomic E-state index is 0.0158. The van der Waals surface area contributed by atoms with Gasteiger partial charge in [-0.15, -0.1) is 0 Å². The van der Waals surface area contributed by atoms with Crippen molar-refractivity contribution in [1.29, 1.82) is 0 Å². The van der Waals surface area contributed by atoms with Crippen LogP contribution in [0.2, 0.25) is 0 Å². The summed E-state index contributed by atoms with van der Waals surface area (Å²) in [6.45, 7) is 5.87. The Bertz CT molecular complexity index is 419. The molecule has 5 heteroatoms. The Labute approximate surface area is 107 Å². The van der Waals surface area contributed by atoms with Gasteiger partial charge in [-0.05, 0) is 24.5 Å². The highest BCUT2D eigenvalue weighted by Crippen LogP contribution is 2.14. The zero-order valence-electron chi connectivity index (χ0n) is 11.0. The number of hydrogen-bond donors (Lipinski definition) is 3. The van der Waals surface area contributed by atoms with Crippen molar-refractivity contribution in [2.24, 2.45) is 5.92 Å². The Balaban J connectivity index is 3.00. The van der Waals surface area contributed by atoms with Gasteiger partial charge in [0.1, 0.15) is 5.82 Å². The zero-order chi connectivity index (χ0) is 13.7. The number of nitrogens with one attached hydrogen (secondary N) is 1. The summed E-state index contributed by atoms with van der Waals surface area (Å²) in [5, 5.41) is 21.4. The first-order valence-electron chi connectivity index (χ1n) is 6.09. The van der Waals surface area contributed by atoms with Gasteiger partial charge in [-0.3, -0.25) is 0 Å². The first-order valence-corrected chi connectivity index (χ1v) is 6.09. The number of pyridine rings is 1. The topological polar surface area (TPSA) is 82.5 Å². The maximum atomic E-state index is 11.0. The molecule has 0 aliphatic carbocycles. The second kappa shape index (κ2) is 6.35. The van der Waals surface area contributed by atoms with E-state index in [4.69, 9.17) is 5.11 Å². The highest BCUT2D eigenvalue weighted by atomic mass is 16.4. The summed E-state index contributed by atoms with van der Waals surface area (Å²) >= 11 is 0. The molecule has 1 aromatic heterocycles. The standard InChI is InChI=1S/C13H20N2O3/c1-4-10-5-9(13(17)18)6-12(14-10)15-11(7-16)8(2)3/h5-6,8,11,16H,4,7H2,1-3H3,(H,14,15)(H,17,18). The Morgan fingerprint density at radius 1 is 1.44 bits per heavy atom. The number of aliphatic hydroxyl groups excluding tert-OH is 1. The highest BCUT2D eigenvalue weighted by molar-refractivity contribution is 5.88. The monoisotopic (exact) mass is 252 g/mol. The maximum absolute atomic E-state index is 11.0. The molecule has 3 N–H and O–H groups in total. The molecule has 0 aliphatic heterocycles. The van der Waals surface area contributed by atoms with E-state index in [9.17, 15) is 9.90 Å². The molecule has 0 radical (unpaired) electrons. The fourth-order valence-corrected chi connectivity index (χ4v) is 1.58. The fourth-order valence-electron chi connectivity index (χ4n) is 1.58. The highest BCUT2D eigenvalue weighted by Gasteiger charge is 2.14. The number of rotatable bonds is 6. The number of carbonyl (C=O) groups is 1. The van der Waals surface area contributed by atoms with E-state index < -0.39 is 5.97 Å². The summed E-state index contributed by atoms with van der Waals surface area (Å²) in [5.74, 6) is -0.241. The van der Waals surface area contributed by atoms with Crippen LogP contribution in [-0.2, 0) is 6.42 Å². The lowest BCUT2D eigenvalue weighted by atomic mass is 10.1. The van der Waals surface area contributed by atoms with Crippen LogP contribution in [0.1, 0.15) is 36.8 Å². The van der Waals surface area contributed by atoms with Crippen LogP contribution in [0.5, 0.6) is 0 Å². The number of aliphatic hydroxyl groups is 1. The largest absolute Gasteiger partial charge is 0.478 e. The molecule has 0 aliphatic rings. The summed E-state index contributed by atoms with van der Waals surface area (Å²) in [6, 6.07) is 2.93. The number of carboxylic acid groups (broad SMARTS) is 1. The van der Waals surface area contributed by atoms with Crippen molar-refractivity contribution < 1.29 is 15.0 Å². The van der Waals surface area contributed by atoms with Gasteiger partial charge in [-0.2, -0.15) is 0 Å². The van der Waals surface area contributed by atoms with Crippen LogP contribution < -0.4 is 5.32 Å². The third-order valence-electron chi connectivity index (χ3n) is 2.82. The maximum Gasteiger partial charge on any atom is 0.335 e. The average Bonchev–Trinajstić information content (AvgIpc) is 2.34. The number of hydrogen-bond acceptors (Lipinski definition) is 4. The van der Waals surface area contributed by atoms with Crippen LogP contribution >= 0.6 is 0 Å². The first-order chi connectivity index (χ1) is 8.47. The predicted molar refractivity (Wildman–Crippen MR) is 69.9 cm³/mol. The van der Waals surface area contributed by atoms with Gasteiger partial charge in [0.05, 0.1) is 18.2 Å². The molecule has 1 heterocycles. The third-order valence-corrected chi connectivity index (χ3v) is 2.82. The van der Waals surface area contributed by atoms with Crippen molar-refractivity contribution in [3.05, 3.63) is 23.4 Å². The molecule has 0 saturated heterocycles. The molecular weight excluding hydrogens is 232 g/mol. The van der Waals surface area contributed by atoms with Gasteiger partial charge < -0.3 is 15.5 Å². The van der Waals surface area contributed by atoms with Gasteiger partial charge in [-0.25, -0.2) is 9.78 Å². The molecular formula is C13H20N2O3. The van der Waals surface area contributed by atoms with Crippen LogP contribution in [0.15, 0.2) is 12.1 Å². The van der Waals surface area contributed by atoms with E-state index in [0.29, 0.717) is 12.2 Å². The van der Waals surface area contributed by atoms with E-state index in [1.165, 1.54) is 6.07 Å². The number of anilines is 1. The van der Waals surface area contributed by atoms with E-state index in [0.717, 1.165) is 5.69 Å². The number of nitrogens with zero attached hydrogens (tertiary/aromatic N) is 1. The molecule has 1 rings (SSSR count). The van der Waals surface area contributed by atoms with Crippen molar-refractivity contribution in [3.63, 3.8) is 0 Å². The smallest absolute Gasteiger partial charge is 0.335 e. The van der Waals surface area contributed by atoms with Gasteiger partial charge in [0.15, 0.2) is 0 Å². The van der Waals surface area contributed by atoms with E-state index in [1.54, 1.807) is 6.07 Å². The number of carboxylic acids is 1. The summed E-state index contributed by atoms with van der Waals surface area (Å²) in [5.41, 5.74) is 0.933. The second-order valence-electron chi connectivity index (χ2n) is 4.57. The zero-order valence-corrected chi connectivity index (χ0v) is 11.0. The molecule has 1 atom stereocenters. The minimum Gasteiger partial charge on any atom is -0.478 e. The van der Waals surface area contributed by atoms with Gasteiger partial charge in [-0.1, -0.05) is 20.8 Å². The number of aromatic carboxylic acids is 1.